The molecule has 96 valence electrons. The number of benzene rings is 2. The van der Waals surface area contributed by atoms with E-state index in [2.05, 4.69) is 0 Å². The minimum atomic E-state index is -0.459. The van der Waals surface area contributed by atoms with Gasteiger partial charge in [-0.25, -0.2) is 4.39 Å². The Morgan fingerprint density at radius 2 is 1.79 bits per heavy atom. The van der Waals surface area contributed by atoms with Crippen molar-refractivity contribution in [2.45, 2.75) is 6.92 Å². The van der Waals surface area contributed by atoms with E-state index in [1.54, 1.807) is 0 Å². The topological polar surface area (TPSA) is 43.1 Å². The molecule has 0 aliphatic heterocycles. The molecule has 0 bridgehead atoms. The molecule has 2 rings (SSSR count). The molecule has 0 heterocycles. The molecule has 0 aliphatic carbocycles. The summed E-state index contributed by atoms with van der Waals surface area (Å²) < 4.78 is 12.9. The van der Waals surface area contributed by atoms with Crippen LogP contribution in [0.4, 0.5) is 4.39 Å². The summed E-state index contributed by atoms with van der Waals surface area (Å²) in [7, 11) is 0. The molecule has 0 saturated carbocycles. The minimum absolute atomic E-state index is 0.0469. The summed E-state index contributed by atoms with van der Waals surface area (Å²) in [6.07, 6.45) is 1.50. The summed E-state index contributed by atoms with van der Waals surface area (Å²) in [5.41, 5.74) is 2.06. The van der Waals surface area contributed by atoms with Gasteiger partial charge in [0.1, 0.15) is 5.82 Å². The van der Waals surface area contributed by atoms with Crippen LogP contribution in [-0.4, -0.2) is 4.92 Å². The molecule has 0 fully saturated rings. The largest absolute Gasteiger partial charge is 0.277 e. The normalized spacial score (nSPS) is 11.4. The Hall–Kier alpha value is -2.49. The SMILES string of the molecule is Cc1ccccc1C=C(c1ccc(F)cc1)[N+](=O)[O-]. The van der Waals surface area contributed by atoms with Gasteiger partial charge >= 0.3 is 0 Å². The molecule has 3 nitrogen and oxygen atoms in total. The fourth-order valence-corrected chi connectivity index (χ4v) is 1.76. The lowest BCUT2D eigenvalue weighted by Crippen LogP contribution is -1.98. The Labute approximate surface area is 110 Å². The first-order chi connectivity index (χ1) is 9.08. The molecule has 0 amide bonds. The van der Waals surface area contributed by atoms with Crippen LogP contribution < -0.4 is 0 Å². The quantitative estimate of drug-likeness (QED) is 0.475. The van der Waals surface area contributed by atoms with Crippen molar-refractivity contribution in [1.82, 2.24) is 0 Å². The Balaban J connectivity index is 2.50. The maximum atomic E-state index is 12.9. The molecule has 4 heteroatoms. The smallest absolute Gasteiger partial charge is 0.258 e. The number of rotatable bonds is 3. The number of nitro groups is 1. The second kappa shape index (κ2) is 5.44. The van der Waals surface area contributed by atoms with Gasteiger partial charge in [0.25, 0.3) is 5.70 Å². The first kappa shape index (κ1) is 13.0. The van der Waals surface area contributed by atoms with Gasteiger partial charge in [0.15, 0.2) is 0 Å². The van der Waals surface area contributed by atoms with E-state index in [1.807, 2.05) is 31.2 Å². The predicted octanol–water partition coefficient (Wildman–Crippen LogP) is 3.91. The first-order valence-corrected chi connectivity index (χ1v) is 5.75. The molecule has 19 heavy (non-hydrogen) atoms. The van der Waals surface area contributed by atoms with Crippen LogP contribution in [0.2, 0.25) is 0 Å². The fraction of sp³-hybridized carbons (Fsp3) is 0.0667. The van der Waals surface area contributed by atoms with Crippen LogP contribution >= 0.6 is 0 Å². The fourth-order valence-electron chi connectivity index (χ4n) is 1.76. The molecule has 2 aromatic carbocycles. The van der Waals surface area contributed by atoms with Gasteiger partial charge < -0.3 is 0 Å². The van der Waals surface area contributed by atoms with Crippen LogP contribution in [-0.2, 0) is 0 Å². The van der Waals surface area contributed by atoms with Crippen molar-refractivity contribution in [1.29, 1.82) is 0 Å². The van der Waals surface area contributed by atoms with Gasteiger partial charge in [-0.3, -0.25) is 10.1 Å². The minimum Gasteiger partial charge on any atom is -0.258 e. The molecule has 0 N–H and O–H groups in total. The van der Waals surface area contributed by atoms with Crippen molar-refractivity contribution in [3.8, 4) is 0 Å². The summed E-state index contributed by atoms with van der Waals surface area (Å²) in [5.74, 6) is -0.415. The van der Waals surface area contributed by atoms with Crippen LogP contribution in [0, 0.1) is 22.9 Å². The number of nitrogens with zero attached hydrogens (tertiary/aromatic N) is 1. The number of aryl methyl sites for hydroxylation is 1. The molecule has 0 spiro atoms. The maximum absolute atomic E-state index is 12.9. The molecular formula is C15H12FNO2. The van der Waals surface area contributed by atoms with Crippen molar-refractivity contribution < 1.29 is 9.31 Å². The summed E-state index contributed by atoms with van der Waals surface area (Å²) in [4.78, 5) is 10.7. The Morgan fingerprint density at radius 1 is 1.16 bits per heavy atom. The van der Waals surface area contributed by atoms with Gasteiger partial charge in [-0.2, -0.15) is 0 Å². The van der Waals surface area contributed by atoms with Crippen LogP contribution in [0.15, 0.2) is 48.5 Å². The van der Waals surface area contributed by atoms with Crippen molar-refractivity contribution in [3.05, 3.63) is 81.2 Å². The third-order valence-electron chi connectivity index (χ3n) is 2.82. The van der Waals surface area contributed by atoms with Gasteiger partial charge in [0, 0.05) is 6.08 Å². The van der Waals surface area contributed by atoms with E-state index >= 15 is 0 Å². The lowest BCUT2D eigenvalue weighted by Gasteiger charge is -2.02. The second-order valence-corrected chi connectivity index (χ2v) is 4.15. The second-order valence-electron chi connectivity index (χ2n) is 4.15. The highest BCUT2D eigenvalue weighted by atomic mass is 19.1. The average molecular weight is 257 g/mol. The highest BCUT2D eigenvalue weighted by Gasteiger charge is 2.14. The van der Waals surface area contributed by atoms with Crippen molar-refractivity contribution in [2.24, 2.45) is 0 Å². The van der Waals surface area contributed by atoms with Crippen LogP contribution in [0.3, 0.4) is 0 Å². The molecule has 0 aromatic heterocycles. The Morgan fingerprint density at radius 3 is 2.37 bits per heavy atom. The van der Waals surface area contributed by atoms with Crippen molar-refractivity contribution >= 4 is 11.8 Å². The van der Waals surface area contributed by atoms with Crippen LogP contribution in [0.25, 0.3) is 11.8 Å². The molecular weight excluding hydrogens is 245 g/mol. The van der Waals surface area contributed by atoms with Gasteiger partial charge in [-0.1, -0.05) is 24.3 Å². The third kappa shape index (κ3) is 3.04. The lowest BCUT2D eigenvalue weighted by molar-refractivity contribution is -0.374. The van der Waals surface area contributed by atoms with E-state index in [4.69, 9.17) is 0 Å². The molecule has 0 atom stereocenters. The Bertz CT molecular complexity index is 633. The van der Waals surface area contributed by atoms with Crippen LogP contribution in [0.5, 0.6) is 0 Å². The summed E-state index contributed by atoms with van der Waals surface area (Å²) >= 11 is 0. The number of hydrogen-bond acceptors (Lipinski definition) is 2. The molecule has 0 saturated heterocycles. The molecule has 2 aromatic rings. The lowest BCUT2D eigenvalue weighted by atomic mass is 10.1. The van der Waals surface area contributed by atoms with Crippen molar-refractivity contribution in [2.75, 3.05) is 0 Å². The number of hydrogen-bond donors (Lipinski definition) is 0. The third-order valence-corrected chi connectivity index (χ3v) is 2.82. The van der Waals surface area contributed by atoms with E-state index < -0.39 is 10.7 Å². The highest BCUT2D eigenvalue weighted by Crippen LogP contribution is 2.20. The molecule has 0 unspecified atom stereocenters. The zero-order valence-corrected chi connectivity index (χ0v) is 10.3. The van der Waals surface area contributed by atoms with E-state index in [1.165, 1.54) is 30.3 Å². The first-order valence-electron chi connectivity index (χ1n) is 5.75. The summed E-state index contributed by atoms with van der Waals surface area (Å²) in [5, 5.41) is 11.1. The monoisotopic (exact) mass is 257 g/mol. The van der Waals surface area contributed by atoms with Crippen molar-refractivity contribution in [3.63, 3.8) is 0 Å². The highest BCUT2D eigenvalue weighted by molar-refractivity contribution is 5.77. The van der Waals surface area contributed by atoms with Gasteiger partial charge in [0.05, 0.1) is 10.5 Å². The van der Waals surface area contributed by atoms with Gasteiger partial charge in [0.2, 0.25) is 0 Å². The standard InChI is InChI=1S/C15H12FNO2/c1-11-4-2-3-5-13(11)10-15(17(18)19)12-6-8-14(16)9-7-12/h2-10H,1H3. The van der Waals surface area contributed by atoms with E-state index in [9.17, 15) is 14.5 Å². The van der Waals surface area contributed by atoms with Gasteiger partial charge in [-0.05, 0) is 42.3 Å². The maximum Gasteiger partial charge on any atom is 0.277 e. The Kier molecular flexibility index (Phi) is 3.71. The van der Waals surface area contributed by atoms with Gasteiger partial charge in [-0.15, -0.1) is 0 Å². The zero-order chi connectivity index (χ0) is 13.8. The predicted molar refractivity (Wildman–Crippen MR) is 72.4 cm³/mol. The molecule has 0 radical (unpaired) electrons. The van der Waals surface area contributed by atoms with E-state index in [0.717, 1.165) is 11.1 Å². The summed E-state index contributed by atoms with van der Waals surface area (Å²) in [6, 6.07) is 12.6. The number of halogens is 1. The molecule has 0 aliphatic rings. The summed E-state index contributed by atoms with van der Waals surface area (Å²) in [6.45, 7) is 1.88. The zero-order valence-electron chi connectivity index (χ0n) is 10.3. The average Bonchev–Trinajstić information content (AvgIpc) is 2.39. The van der Waals surface area contributed by atoms with E-state index in [-0.39, 0.29) is 5.70 Å². The van der Waals surface area contributed by atoms with E-state index in [0.29, 0.717) is 5.56 Å². The van der Waals surface area contributed by atoms with Crippen LogP contribution in [0.1, 0.15) is 16.7 Å².